The minimum atomic E-state index is -0.847. The van der Waals surface area contributed by atoms with Crippen molar-refractivity contribution in [2.45, 2.75) is 38.6 Å². The van der Waals surface area contributed by atoms with Crippen LogP contribution in [0.15, 0.2) is 17.2 Å². The second-order valence-corrected chi connectivity index (χ2v) is 5.73. The fourth-order valence-electron chi connectivity index (χ4n) is 2.00. The van der Waals surface area contributed by atoms with E-state index in [0.717, 1.165) is 29.3 Å². The number of carboxylic acids is 1. The Kier molecular flexibility index (Phi) is 4.95. The van der Waals surface area contributed by atoms with Crippen molar-refractivity contribution in [1.82, 2.24) is 19.7 Å². The molecule has 0 aliphatic carbocycles. The predicted octanol–water partition coefficient (Wildman–Crippen LogP) is 2.41. The number of hydrogen-bond acceptors (Lipinski definition) is 5. The van der Waals surface area contributed by atoms with Gasteiger partial charge in [-0.1, -0.05) is 25.1 Å². The summed E-state index contributed by atoms with van der Waals surface area (Å²) in [5.41, 5.74) is 1.80. The van der Waals surface area contributed by atoms with Crippen LogP contribution in [-0.4, -0.2) is 36.6 Å². The highest BCUT2D eigenvalue weighted by molar-refractivity contribution is 7.99. The third kappa shape index (κ3) is 4.04. The van der Waals surface area contributed by atoms with Crippen LogP contribution in [0.3, 0.4) is 0 Å². The highest BCUT2D eigenvalue weighted by atomic mass is 32.2. The number of carbonyl (C=O) groups is 1. The van der Waals surface area contributed by atoms with Crippen molar-refractivity contribution >= 4 is 17.7 Å². The number of hydrogen-bond donors (Lipinski definition) is 1. The van der Waals surface area contributed by atoms with Gasteiger partial charge in [0, 0.05) is 11.8 Å². The molecular formula is C14H18N4O2S. The first-order valence-electron chi connectivity index (χ1n) is 6.75. The van der Waals surface area contributed by atoms with E-state index in [9.17, 15) is 4.79 Å². The molecule has 1 N–H and O–H groups in total. The van der Waals surface area contributed by atoms with Gasteiger partial charge in [-0.3, -0.25) is 4.79 Å². The molecule has 0 spiro atoms. The molecule has 0 unspecified atom stereocenters. The Morgan fingerprint density at radius 3 is 2.71 bits per heavy atom. The Labute approximate surface area is 127 Å². The molecule has 0 aliphatic rings. The number of aromatic nitrogens is 4. The summed E-state index contributed by atoms with van der Waals surface area (Å²) in [5.74, 6) is 0.502. The van der Waals surface area contributed by atoms with Crippen LogP contribution in [0.25, 0.3) is 5.82 Å². The monoisotopic (exact) mass is 306 g/mol. The number of nitrogens with zero attached hydrogens (tertiary/aromatic N) is 4. The summed E-state index contributed by atoms with van der Waals surface area (Å²) in [4.78, 5) is 19.4. The van der Waals surface area contributed by atoms with Gasteiger partial charge in [0.05, 0.1) is 11.4 Å². The smallest absolute Gasteiger partial charge is 0.313 e. The SMILES string of the molecule is CCCc1cc(SCC(=O)O)n(-c2cc(C)nc(C)n2)n1. The topological polar surface area (TPSA) is 80.9 Å². The standard InChI is InChI=1S/C14H18N4O2S/c1-4-5-11-7-13(21-8-14(19)20)18(17-11)12-6-9(2)15-10(3)16-12/h6-7H,4-5,8H2,1-3H3,(H,19,20). The number of carboxylic acid groups (broad SMARTS) is 1. The molecule has 0 saturated heterocycles. The zero-order valence-electron chi connectivity index (χ0n) is 12.3. The molecule has 0 atom stereocenters. The van der Waals surface area contributed by atoms with Crippen molar-refractivity contribution in [3.05, 3.63) is 29.3 Å². The molecule has 0 amide bonds. The molecule has 2 rings (SSSR count). The van der Waals surface area contributed by atoms with E-state index in [1.807, 2.05) is 26.0 Å². The van der Waals surface area contributed by atoms with E-state index in [2.05, 4.69) is 22.0 Å². The first-order valence-corrected chi connectivity index (χ1v) is 7.74. The molecule has 0 bridgehead atoms. The van der Waals surface area contributed by atoms with Gasteiger partial charge in [-0.2, -0.15) is 5.10 Å². The molecule has 0 fully saturated rings. The van der Waals surface area contributed by atoms with Crippen molar-refractivity contribution in [2.24, 2.45) is 0 Å². The molecule has 0 saturated carbocycles. The Morgan fingerprint density at radius 1 is 1.33 bits per heavy atom. The van der Waals surface area contributed by atoms with Gasteiger partial charge >= 0.3 is 5.97 Å². The second-order valence-electron chi connectivity index (χ2n) is 4.73. The molecule has 6 nitrogen and oxygen atoms in total. The summed E-state index contributed by atoms with van der Waals surface area (Å²) in [6.45, 7) is 5.82. The lowest BCUT2D eigenvalue weighted by Gasteiger charge is -2.06. The zero-order valence-corrected chi connectivity index (χ0v) is 13.1. The molecule has 21 heavy (non-hydrogen) atoms. The van der Waals surface area contributed by atoms with Crippen LogP contribution in [-0.2, 0) is 11.2 Å². The summed E-state index contributed by atoms with van der Waals surface area (Å²) < 4.78 is 1.71. The molecule has 0 radical (unpaired) electrons. The molecule has 112 valence electrons. The van der Waals surface area contributed by atoms with Crippen LogP contribution in [0, 0.1) is 13.8 Å². The third-order valence-corrected chi connectivity index (χ3v) is 3.72. The maximum Gasteiger partial charge on any atom is 0.313 e. The van der Waals surface area contributed by atoms with E-state index >= 15 is 0 Å². The van der Waals surface area contributed by atoms with Gasteiger partial charge in [0.25, 0.3) is 0 Å². The number of aryl methyl sites for hydroxylation is 3. The summed E-state index contributed by atoms with van der Waals surface area (Å²) in [6.07, 6.45) is 1.85. The van der Waals surface area contributed by atoms with Gasteiger partial charge in [-0.25, -0.2) is 14.6 Å². The van der Waals surface area contributed by atoms with Gasteiger partial charge < -0.3 is 5.11 Å². The second kappa shape index (κ2) is 6.71. The molecular weight excluding hydrogens is 288 g/mol. The lowest BCUT2D eigenvalue weighted by Crippen LogP contribution is -2.06. The molecule has 2 heterocycles. The molecule has 2 aromatic heterocycles. The average Bonchev–Trinajstić information content (AvgIpc) is 2.79. The quantitative estimate of drug-likeness (QED) is 0.825. The van der Waals surface area contributed by atoms with Crippen molar-refractivity contribution in [2.75, 3.05) is 5.75 Å². The first-order chi connectivity index (χ1) is 9.99. The van der Waals surface area contributed by atoms with E-state index in [1.54, 1.807) is 4.68 Å². The van der Waals surface area contributed by atoms with E-state index in [-0.39, 0.29) is 5.75 Å². The van der Waals surface area contributed by atoms with Crippen molar-refractivity contribution in [3.8, 4) is 5.82 Å². The summed E-state index contributed by atoms with van der Waals surface area (Å²) in [5, 5.41) is 14.2. The fraction of sp³-hybridized carbons (Fsp3) is 0.429. The number of rotatable bonds is 6. The highest BCUT2D eigenvalue weighted by Crippen LogP contribution is 2.23. The van der Waals surface area contributed by atoms with E-state index in [0.29, 0.717) is 11.6 Å². The molecule has 0 aliphatic heterocycles. The maximum atomic E-state index is 10.8. The molecule has 0 aromatic carbocycles. The maximum absolute atomic E-state index is 10.8. The van der Waals surface area contributed by atoms with Gasteiger partial charge in [-0.05, 0) is 26.3 Å². The van der Waals surface area contributed by atoms with Gasteiger partial charge in [0.2, 0.25) is 0 Å². The van der Waals surface area contributed by atoms with Gasteiger partial charge in [0.15, 0.2) is 5.82 Å². The van der Waals surface area contributed by atoms with Gasteiger partial charge in [0.1, 0.15) is 10.9 Å². The normalized spacial score (nSPS) is 10.8. The van der Waals surface area contributed by atoms with Crippen molar-refractivity contribution < 1.29 is 9.90 Å². The largest absolute Gasteiger partial charge is 0.481 e. The Balaban J connectivity index is 2.41. The third-order valence-electron chi connectivity index (χ3n) is 2.75. The van der Waals surface area contributed by atoms with E-state index in [4.69, 9.17) is 5.11 Å². The van der Waals surface area contributed by atoms with Crippen molar-refractivity contribution in [1.29, 1.82) is 0 Å². The zero-order chi connectivity index (χ0) is 15.4. The average molecular weight is 306 g/mol. The van der Waals surface area contributed by atoms with Crippen LogP contribution >= 0.6 is 11.8 Å². The summed E-state index contributed by atoms with van der Waals surface area (Å²) >= 11 is 1.25. The Bertz CT molecular complexity index is 634. The van der Waals surface area contributed by atoms with E-state index in [1.165, 1.54) is 11.8 Å². The van der Waals surface area contributed by atoms with Crippen molar-refractivity contribution in [3.63, 3.8) is 0 Å². The number of thioether (sulfide) groups is 1. The minimum absolute atomic E-state index is 0.000304. The highest BCUT2D eigenvalue weighted by Gasteiger charge is 2.13. The Morgan fingerprint density at radius 2 is 2.10 bits per heavy atom. The predicted molar refractivity (Wildman–Crippen MR) is 81.0 cm³/mol. The Hall–Kier alpha value is -1.89. The van der Waals surface area contributed by atoms with Crippen LogP contribution in [0.5, 0.6) is 0 Å². The van der Waals surface area contributed by atoms with Crippen LogP contribution in [0.2, 0.25) is 0 Å². The summed E-state index contributed by atoms with van der Waals surface area (Å²) in [7, 11) is 0. The van der Waals surface area contributed by atoms with Crippen LogP contribution in [0.4, 0.5) is 0 Å². The van der Waals surface area contributed by atoms with Crippen LogP contribution < -0.4 is 0 Å². The van der Waals surface area contributed by atoms with Crippen LogP contribution in [0.1, 0.15) is 30.6 Å². The van der Waals surface area contributed by atoms with Gasteiger partial charge in [-0.15, -0.1) is 0 Å². The molecule has 2 aromatic rings. The first kappa shape index (κ1) is 15.5. The lowest BCUT2D eigenvalue weighted by atomic mass is 10.3. The van der Waals surface area contributed by atoms with E-state index < -0.39 is 5.97 Å². The molecule has 7 heteroatoms. The number of aliphatic carboxylic acids is 1. The fourth-order valence-corrected chi connectivity index (χ4v) is 2.74. The summed E-state index contributed by atoms with van der Waals surface area (Å²) in [6, 6.07) is 3.78. The minimum Gasteiger partial charge on any atom is -0.481 e. The lowest BCUT2D eigenvalue weighted by molar-refractivity contribution is -0.133.